The summed E-state index contributed by atoms with van der Waals surface area (Å²) in [6, 6.07) is 0. The molecule has 0 aromatic heterocycles. The second-order valence-corrected chi connectivity index (χ2v) is 3.31. The van der Waals surface area contributed by atoms with Crippen LogP contribution in [0.2, 0.25) is 0 Å². The first kappa shape index (κ1) is 13.0. The van der Waals surface area contributed by atoms with Crippen molar-refractivity contribution in [3.63, 3.8) is 0 Å². The highest BCUT2D eigenvalue weighted by Crippen LogP contribution is 2.43. The van der Waals surface area contributed by atoms with Crippen LogP contribution in [0.15, 0.2) is 0 Å². The van der Waals surface area contributed by atoms with E-state index in [9.17, 15) is 30.7 Å². The van der Waals surface area contributed by atoms with Gasteiger partial charge in [0.1, 0.15) is 0 Å². The molecule has 80 valence electrons. The van der Waals surface area contributed by atoms with Gasteiger partial charge >= 0.3 is 16.9 Å². The lowest BCUT2D eigenvalue weighted by Gasteiger charge is -2.21. The van der Waals surface area contributed by atoms with Gasteiger partial charge in [-0.1, -0.05) is 0 Å². The average Bonchev–Trinajstić information content (AvgIpc) is 1.79. The van der Waals surface area contributed by atoms with Crippen molar-refractivity contribution in [2.45, 2.75) is 29.8 Å². The first-order valence-electron chi connectivity index (χ1n) is 2.97. The Morgan fingerprint density at radius 2 is 1.15 bits per heavy atom. The van der Waals surface area contributed by atoms with Crippen LogP contribution in [0.3, 0.4) is 0 Å². The van der Waals surface area contributed by atoms with Crippen molar-refractivity contribution in [2.24, 2.45) is 0 Å². The SMILES string of the molecule is FC(F)(F)CCC(F)(F)C(F)(F)Br. The van der Waals surface area contributed by atoms with Crippen molar-refractivity contribution < 1.29 is 30.7 Å². The summed E-state index contributed by atoms with van der Waals surface area (Å²) in [5.41, 5.74) is 0. The molecule has 0 bridgehead atoms. The molecule has 0 atom stereocenters. The summed E-state index contributed by atoms with van der Waals surface area (Å²) in [5, 5.41) is 0. The molecule has 0 fully saturated rings. The molecular formula is C5H4BrF7. The fourth-order valence-corrected chi connectivity index (χ4v) is 0.639. The van der Waals surface area contributed by atoms with Crippen LogP contribution in [-0.4, -0.2) is 16.9 Å². The minimum Gasteiger partial charge on any atom is -0.199 e. The minimum absolute atomic E-state index is 1.32. The van der Waals surface area contributed by atoms with Gasteiger partial charge < -0.3 is 0 Å². The molecule has 0 amide bonds. The Bertz CT molecular complexity index is 167. The standard InChI is InChI=1S/C5H4BrF7/c6-5(12,13)3(7,8)1-2-4(9,10)11/h1-2H2. The normalized spacial score (nSPS) is 14.8. The van der Waals surface area contributed by atoms with E-state index in [1.807, 2.05) is 0 Å². The Kier molecular flexibility index (Phi) is 3.62. The second-order valence-electron chi connectivity index (χ2n) is 2.32. The predicted octanol–water partition coefficient (Wildman–Crippen LogP) is 3.95. The summed E-state index contributed by atoms with van der Waals surface area (Å²) >= 11 is 1.32. The largest absolute Gasteiger partial charge is 0.389 e. The minimum atomic E-state index is -4.86. The van der Waals surface area contributed by atoms with Gasteiger partial charge in [-0.15, -0.1) is 0 Å². The quantitative estimate of drug-likeness (QED) is 0.541. The van der Waals surface area contributed by atoms with Crippen LogP contribution in [0, 0.1) is 0 Å². The molecule has 0 rings (SSSR count). The molecule has 0 aliphatic carbocycles. The van der Waals surface area contributed by atoms with Gasteiger partial charge in [0.25, 0.3) is 0 Å². The van der Waals surface area contributed by atoms with Crippen LogP contribution >= 0.6 is 15.9 Å². The summed E-state index contributed by atoms with van der Waals surface area (Å²) in [6.45, 7) is 0. The molecule has 0 radical (unpaired) electrons. The molecular weight excluding hydrogens is 273 g/mol. The molecule has 0 spiro atoms. The summed E-state index contributed by atoms with van der Waals surface area (Å²) in [4.78, 5) is -4.61. The molecule has 0 heterocycles. The van der Waals surface area contributed by atoms with E-state index in [1.54, 1.807) is 0 Å². The van der Waals surface area contributed by atoms with Crippen LogP contribution in [0.4, 0.5) is 30.7 Å². The smallest absolute Gasteiger partial charge is 0.199 e. The molecule has 0 saturated heterocycles. The van der Waals surface area contributed by atoms with Gasteiger partial charge in [0.05, 0.1) is 0 Å². The van der Waals surface area contributed by atoms with Gasteiger partial charge in [-0.3, -0.25) is 0 Å². The zero-order valence-electron chi connectivity index (χ0n) is 5.94. The molecule has 0 aromatic carbocycles. The highest BCUT2D eigenvalue weighted by atomic mass is 79.9. The third-order valence-corrected chi connectivity index (χ3v) is 1.72. The summed E-state index contributed by atoms with van der Waals surface area (Å²) in [7, 11) is 0. The van der Waals surface area contributed by atoms with Crippen molar-refractivity contribution in [1.29, 1.82) is 0 Å². The topological polar surface area (TPSA) is 0 Å². The Morgan fingerprint density at radius 3 is 1.38 bits per heavy atom. The number of alkyl halides is 8. The summed E-state index contributed by atoms with van der Waals surface area (Å²) in [5.74, 6) is -4.69. The second kappa shape index (κ2) is 3.62. The zero-order valence-corrected chi connectivity index (χ0v) is 7.52. The van der Waals surface area contributed by atoms with Gasteiger partial charge in [0, 0.05) is 12.8 Å². The number of hydrogen-bond acceptors (Lipinski definition) is 0. The van der Waals surface area contributed by atoms with Crippen molar-refractivity contribution in [2.75, 3.05) is 0 Å². The third kappa shape index (κ3) is 4.68. The van der Waals surface area contributed by atoms with E-state index in [0.717, 1.165) is 0 Å². The van der Waals surface area contributed by atoms with E-state index in [0.29, 0.717) is 0 Å². The van der Waals surface area contributed by atoms with E-state index in [2.05, 4.69) is 0 Å². The molecule has 0 nitrogen and oxygen atoms in total. The maximum absolute atomic E-state index is 12.2. The Morgan fingerprint density at radius 1 is 0.769 bits per heavy atom. The first-order valence-corrected chi connectivity index (χ1v) is 3.76. The van der Waals surface area contributed by atoms with Gasteiger partial charge in [-0.05, 0) is 15.9 Å². The zero-order chi connectivity index (χ0) is 10.9. The van der Waals surface area contributed by atoms with E-state index < -0.39 is 29.8 Å². The lowest BCUT2D eigenvalue weighted by molar-refractivity contribution is -0.186. The van der Waals surface area contributed by atoms with Crippen LogP contribution in [0.25, 0.3) is 0 Å². The molecule has 8 heteroatoms. The fourth-order valence-electron chi connectivity index (χ4n) is 0.440. The average molecular weight is 277 g/mol. The molecule has 0 saturated carbocycles. The maximum Gasteiger partial charge on any atom is 0.389 e. The first-order chi connectivity index (χ1) is 5.46. The Balaban J connectivity index is 4.21. The fraction of sp³-hybridized carbons (Fsp3) is 1.00. The lowest BCUT2D eigenvalue weighted by atomic mass is 10.2. The summed E-state index contributed by atoms with van der Waals surface area (Å²) in [6.07, 6.45) is -8.74. The Labute approximate surface area is 77.2 Å². The van der Waals surface area contributed by atoms with Crippen LogP contribution in [0.1, 0.15) is 12.8 Å². The molecule has 0 unspecified atom stereocenters. The van der Waals surface area contributed by atoms with Crippen molar-refractivity contribution in [3.05, 3.63) is 0 Å². The maximum atomic E-state index is 12.2. The van der Waals surface area contributed by atoms with Crippen molar-refractivity contribution >= 4 is 15.9 Å². The van der Waals surface area contributed by atoms with Crippen molar-refractivity contribution in [1.82, 2.24) is 0 Å². The van der Waals surface area contributed by atoms with Gasteiger partial charge in [0.15, 0.2) is 0 Å². The highest BCUT2D eigenvalue weighted by Gasteiger charge is 2.55. The molecule has 0 aliphatic rings. The highest BCUT2D eigenvalue weighted by molar-refractivity contribution is 9.10. The van der Waals surface area contributed by atoms with E-state index in [1.165, 1.54) is 15.9 Å². The van der Waals surface area contributed by atoms with Gasteiger partial charge in [0.2, 0.25) is 0 Å². The number of halogens is 8. The molecule has 0 N–H and O–H groups in total. The van der Waals surface area contributed by atoms with Crippen LogP contribution < -0.4 is 0 Å². The van der Waals surface area contributed by atoms with Crippen LogP contribution in [0.5, 0.6) is 0 Å². The monoisotopic (exact) mass is 276 g/mol. The van der Waals surface area contributed by atoms with Crippen molar-refractivity contribution in [3.8, 4) is 0 Å². The van der Waals surface area contributed by atoms with E-state index >= 15 is 0 Å². The predicted molar refractivity (Wildman–Crippen MR) is 34.1 cm³/mol. The third-order valence-electron chi connectivity index (χ3n) is 1.14. The molecule has 0 aliphatic heterocycles. The lowest BCUT2D eigenvalue weighted by Crippen LogP contribution is -2.36. The van der Waals surface area contributed by atoms with Gasteiger partial charge in [-0.2, -0.15) is 30.7 Å². The molecule has 13 heavy (non-hydrogen) atoms. The number of hydrogen-bond donors (Lipinski definition) is 0. The van der Waals surface area contributed by atoms with Crippen LogP contribution in [-0.2, 0) is 0 Å². The number of rotatable bonds is 3. The molecule has 0 aromatic rings. The Hall–Kier alpha value is -0.0100. The van der Waals surface area contributed by atoms with Gasteiger partial charge in [-0.25, -0.2) is 0 Å². The van der Waals surface area contributed by atoms with E-state index in [-0.39, 0.29) is 0 Å². The van der Waals surface area contributed by atoms with E-state index in [4.69, 9.17) is 0 Å². The summed E-state index contributed by atoms with van der Waals surface area (Å²) < 4.78 is 82.2.